The number of likely N-dealkylation sites (N-methyl/N-ethyl adjacent to an activating group) is 1. The van der Waals surface area contributed by atoms with Gasteiger partial charge in [0.15, 0.2) is 0 Å². The van der Waals surface area contributed by atoms with E-state index in [-0.39, 0.29) is 17.3 Å². The van der Waals surface area contributed by atoms with Gasteiger partial charge in [0.05, 0.1) is 11.4 Å². The Labute approximate surface area is 124 Å². The first kappa shape index (κ1) is 16.7. The molecule has 0 atom stereocenters. The summed E-state index contributed by atoms with van der Waals surface area (Å²) < 4.78 is 25.5. The molecule has 0 unspecified atom stereocenters. The Balaban J connectivity index is 2.80. The molecular formula is C13H18N2O3S2. The van der Waals surface area contributed by atoms with E-state index in [4.69, 9.17) is 0 Å². The zero-order valence-corrected chi connectivity index (χ0v) is 13.1. The number of carbonyl (C=O) groups excluding carboxylic acids is 1. The van der Waals surface area contributed by atoms with Crippen molar-refractivity contribution in [2.24, 2.45) is 0 Å². The third kappa shape index (κ3) is 4.36. The molecule has 0 saturated heterocycles. The molecule has 1 N–H and O–H groups in total. The zero-order valence-electron chi connectivity index (χ0n) is 11.5. The molecule has 0 saturated carbocycles. The van der Waals surface area contributed by atoms with Crippen molar-refractivity contribution in [2.75, 3.05) is 26.4 Å². The molecular weight excluding hydrogens is 296 g/mol. The lowest BCUT2D eigenvalue weighted by Gasteiger charge is -2.16. The Morgan fingerprint density at radius 1 is 1.40 bits per heavy atom. The van der Waals surface area contributed by atoms with Gasteiger partial charge >= 0.3 is 0 Å². The van der Waals surface area contributed by atoms with Crippen LogP contribution in [-0.4, -0.2) is 45.0 Å². The van der Waals surface area contributed by atoms with Crippen LogP contribution in [0.3, 0.4) is 0 Å². The molecule has 0 spiro atoms. The van der Waals surface area contributed by atoms with Crippen molar-refractivity contribution in [1.29, 1.82) is 0 Å². The predicted molar refractivity (Wildman–Crippen MR) is 81.2 cm³/mol. The largest absolute Gasteiger partial charge is 0.351 e. The maximum Gasteiger partial charge on any atom is 0.243 e. The number of rotatable bonds is 7. The van der Waals surface area contributed by atoms with E-state index in [0.717, 1.165) is 9.20 Å². The number of benzene rings is 1. The van der Waals surface area contributed by atoms with Gasteiger partial charge in [-0.3, -0.25) is 4.79 Å². The van der Waals surface area contributed by atoms with Gasteiger partial charge in [0.2, 0.25) is 15.9 Å². The second kappa shape index (κ2) is 7.47. The van der Waals surface area contributed by atoms with Crippen LogP contribution in [0.1, 0.15) is 0 Å². The van der Waals surface area contributed by atoms with E-state index in [9.17, 15) is 13.2 Å². The topological polar surface area (TPSA) is 66.5 Å². The van der Waals surface area contributed by atoms with E-state index in [1.807, 2.05) is 6.26 Å². The fraction of sp³-hybridized carbons (Fsp3) is 0.308. The van der Waals surface area contributed by atoms with Crippen molar-refractivity contribution >= 4 is 27.7 Å². The summed E-state index contributed by atoms with van der Waals surface area (Å²) in [6.07, 6.45) is 3.45. The second-order valence-corrected chi connectivity index (χ2v) is 6.95. The molecule has 0 aliphatic rings. The van der Waals surface area contributed by atoms with Crippen molar-refractivity contribution in [3.63, 3.8) is 0 Å². The number of nitrogens with one attached hydrogen (secondary N) is 1. The lowest BCUT2D eigenvalue weighted by molar-refractivity contribution is -0.120. The zero-order chi connectivity index (χ0) is 15.2. The summed E-state index contributed by atoms with van der Waals surface area (Å²) in [5, 5.41) is 2.54. The first-order valence-electron chi connectivity index (χ1n) is 5.89. The Hall–Kier alpha value is -1.31. The molecule has 0 fully saturated rings. The van der Waals surface area contributed by atoms with Gasteiger partial charge in [-0.2, -0.15) is 4.31 Å². The van der Waals surface area contributed by atoms with Crippen molar-refractivity contribution in [2.45, 2.75) is 9.79 Å². The Kier molecular flexibility index (Phi) is 6.25. The molecule has 1 amide bonds. The van der Waals surface area contributed by atoms with Crippen LogP contribution < -0.4 is 5.32 Å². The lowest BCUT2D eigenvalue weighted by Crippen LogP contribution is -2.38. The third-order valence-electron chi connectivity index (χ3n) is 2.58. The highest BCUT2D eigenvalue weighted by Gasteiger charge is 2.22. The highest BCUT2D eigenvalue weighted by Crippen LogP contribution is 2.19. The summed E-state index contributed by atoms with van der Waals surface area (Å²) in [5.41, 5.74) is 0. The average molecular weight is 314 g/mol. The molecule has 0 aromatic heterocycles. The first-order valence-corrected chi connectivity index (χ1v) is 8.56. The summed E-state index contributed by atoms with van der Waals surface area (Å²) in [4.78, 5) is 12.7. The quantitative estimate of drug-likeness (QED) is 0.609. The van der Waals surface area contributed by atoms with Gasteiger partial charge in [0.25, 0.3) is 0 Å². The minimum Gasteiger partial charge on any atom is -0.351 e. The summed E-state index contributed by atoms with van der Waals surface area (Å²) >= 11 is 1.53. The minimum absolute atomic E-state index is 0.175. The molecule has 5 nitrogen and oxygen atoms in total. The number of nitrogens with zero attached hydrogens (tertiary/aromatic N) is 1. The number of hydrogen-bond acceptors (Lipinski definition) is 4. The van der Waals surface area contributed by atoms with Gasteiger partial charge in [-0.1, -0.05) is 6.08 Å². The SMILES string of the molecule is C=CCNC(=O)CN(C)S(=O)(=O)c1ccc(SC)cc1. The van der Waals surface area contributed by atoms with Gasteiger partial charge in [-0.15, -0.1) is 18.3 Å². The molecule has 0 aliphatic carbocycles. The van der Waals surface area contributed by atoms with Crippen LogP contribution in [0.15, 0.2) is 46.7 Å². The Bertz CT molecular complexity index is 568. The van der Waals surface area contributed by atoms with Crippen LogP contribution in [0.2, 0.25) is 0 Å². The van der Waals surface area contributed by atoms with Crippen molar-refractivity contribution in [3.8, 4) is 0 Å². The monoisotopic (exact) mass is 314 g/mol. The van der Waals surface area contributed by atoms with Gasteiger partial charge in [-0.05, 0) is 30.5 Å². The fourth-order valence-corrected chi connectivity index (χ4v) is 2.99. The lowest BCUT2D eigenvalue weighted by atomic mass is 10.4. The van der Waals surface area contributed by atoms with E-state index in [1.54, 1.807) is 24.3 Å². The van der Waals surface area contributed by atoms with Gasteiger partial charge < -0.3 is 5.32 Å². The smallest absolute Gasteiger partial charge is 0.243 e. The molecule has 20 heavy (non-hydrogen) atoms. The standard InChI is InChI=1S/C13H18N2O3S2/c1-4-9-14-13(16)10-15(2)20(17,18)12-7-5-11(19-3)6-8-12/h4-8H,1,9-10H2,2-3H3,(H,14,16). The molecule has 1 rings (SSSR count). The van der Waals surface area contributed by atoms with Gasteiger partial charge in [0.1, 0.15) is 0 Å². The maximum absolute atomic E-state index is 12.3. The number of thioether (sulfide) groups is 1. The Morgan fingerprint density at radius 3 is 2.50 bits per heavy atom. The number of amides is 1. The molecule has 0 heterocycles. The van der Waals surface area contributed by atoms with Crippen LogP contribution in [0.5, 0.6) is 0 Å². The van der Waals surface area contributed by atoms with E-state index >= 15 is 0 Å². The normalized spacial score (nSPS) is 11.3. The second-order valence-electron chi connectivity index (χ2n) is 4.03. The fourth-order valence-electron chi connectivity index (χ4n) is 1.46. The molecule has 0 aliphatic heterocycles. The van der Waals surface area contributed by atoms with Gasteiger partial charge in [0, 0.05) is 18.5 Å². The number of carbonyl (C=O) groups is 1. The van der Waals surface area contributed by atoms with Crippen molar-refractivity contribution in [1.82, 2.24) is 9.62 Å². The van der Waals surface area contributed by atoms with Crippen LogP contribution in [0.4, 0.5) is 0 Å². The molecule has 1 aromatic carbocycles. The summed E-state index contributed by atoms with van der Waals surface area (Å²) in [7, 11) is -2.27. The highest BCUT2D eigenvalue weighted by atomic mass is 32.2. The molecule has 7 heteroatoms. The van der Waals surface area contributed by atoms with Crippen LogP contribution in [0, 0.1) is 0 Å². The van der Waals surface area contributed by atoms with Crippen molar-refractivity contribution in [3.05, 3.63) is 36.9 Å². The minimum atomic E-state index is -3.65. The van der Waals surface area contributed by atoms with E-state index < -0.39 is 10.0 Å². The van der Waals surface area contributed by atoms with Crippen molar-refractivity contribution < 1.29 is 13.2 Å². The molecule has 0 radical (unpaired) electrons. The van der Waals surface area contributed by atoms with Crippen LogP contribution in [0.25, 0.3) is 0 Å². The predicted octanol–water partition coefficient (Wildman–Crippen LogP) is 1.33. The molecule has 1 aromatic rings. The van der Waals surface area contributed by atoms with Crippen LogP contribution >= 0.6 is 11.8 Å². The van der Waals surface area contributed by atoms with E-state index in [1.165, 1.54) is 24.9 Å². The summed E-state index contributed by atoms with van der Waals surface area (Å²) in [6, 6.07) is 6.56. The third-order valence-corrected chi connectivity index (χ3v) is 5.14. The summed E-state index contributed by atoms with van der Waals surface area (Å²) in [6.45, 7) is 3.57. The summed E-state index contributed by atoms with van der Waals surface area (Å²) in [5.74, 6) is -0.364. The van der Waals surface area contributed by atoms with E-state index in [0.29, 0.717) is 6.54 Å². The first-order chi connectivity index (χ1) is 9.41. The molecule has 0 bridgehead atoms. The Morgan fingerprint density at radius 2 is 2.00 bits per heavy atom. The average Bonchev–Trinajstić information content (AvgIpc) is 2.45. The van der Waals surface area contributed by atoms with Gasteiger partial charge in [-0.25, -0.2) is 8.42 Å². The number of sulfonamides is 1. The highest BCUT2D eigenvalue weighted by molar-refractivity contribution is 7.98. The van der Waals surface area contributed by atoms with Crippen LogP contribution in [-0.2, 0) is 14.8 Å². The number of hydrogen-bond donors (Lipinski definition) is 1. The molecule has 110 valence electrons. The van der Waals surface area contributed by atoms with E-state index in [2.05, 4.69) is 11.9 Å². The maximum atomic E-state index is 12.3.